The van der Waals surface area contributed by atoms with Crippen LogP contribution in [0.4, 0.5) is 0 Å². The van der Waals surface area contributed by atoms with Gasteiger partial charge in [-0.25, -0.2) is 4.98 Å². The highest BCUT2D eigenvalue weighted by Gasteiger charge is 2.20. The van der Waals surface area contributed by atoms with Crippen molar-refractivity contribution in [2.45, 2.75) is 26.3 Å². The van der Waals surface area contributed by atoms with E-state index in [4.69, 9.17) is 4.74 Å². The minimum Gasteiger partial charge on any atom is -0.497 e. The summed E-state index contributed by atoms with van der Waals surface area (Å²) in [5, 5.41) is 10.5. The lowest BCUT2D eigenvalue weighted by Gasteiger charge is -2.14. The molecule has 4 aromatic rings. The molecule has 0 fully saturated rings. The highest BCUT2D eigenvalue weighted by molar-refractivity contribution is 5.82. The van der Waals surface area contributed by atoms with Crippen molar-refractivity contribution in [3.8, 4) is 17.0 Å². The molecule has 0 saturated carbocycles. The van der Waals surface area contributed by atoms with E-state index in [-0.39, 0.29) is 18.4 Å². The third-order valence-corrected chi connectivity index (χ3v) is 5.36. The average Bonchev–Trinajstić information content (AvgIpc) is 3.28. The first-order valence-corrected chi connectivity index (χ1v) is 9.87. The van der Waals surface area contributed by atoms with Crippen LogP contribution in [0.25, 0.3) is 22.3 Å². The number of fused-ring (bicyclic) bond motifs is 1. The molecule has 0 bridgehead atoms. The number of aromatic nitrogens is 4. The number of para-hydroxylation sites is 2. The van der Waals surface area contributed by atoms with Gasteiger partial charge in [-0.3, -0.25) is 9.89 Å². The predicted molar refractivity (Wildman–Crippen MR) is 116 cm³/mol. The van der Waals surface area contributed by atoms with Gasteiger partial charge in [0.1, 0.15) is 11.6 Å². The number of ether oxygens (including phenoxy) is 1. The highest BCUT2D eigenvalue weighted by Crippen LogP contribution is 2.26. The van der Waals surface area contributed by atoms with Crippen LogP contribution in [-0.4, -0.2) is 32.8 Å². The van der Waals surface area contributed by atoms with Gasteiger partial charge >= 0.3 is 0 Å². The van der Waals surface area contributed by atoms with Gasteiger partial charge in [0.05, 0.1) is 36.3 Å². The van der Waals surface area contributed by atoms with Gasteiger partial charge in [-0.2, -0.15) is 5.10 Å². The van der Waals surface area contributed by atoms with Crippen LogP contribution < -0.4 is 10.1 Å². The zero-order valence-corrected chi connectivity index (χ0v) is 17.6. The summed E-state index contributed by atoms with van der Waals surface area (Å²) in [6.45, 7) is 3.88. The van der Waals surface area contributed by atoms with Crippen LogP contribution in [-0.2, 0) is 18.3 Å². The van der Waals surface area contributed by atoms with Gasteiger partial charge in [0.25, 0.3) is 0 Å². The Bertz CT molecular complexity index is 1190. The first kappa shape index (κ1) is 19.7. The molecule has 1 amide bonds. The van der Waals surface area contributed by atoms with Gasteiger partial charge in [-0.15, -0.1) is 0 Å². The van der Waals surface area contributed by atoms with Gasteiger partial charge in [0.2, 0.25) is 5.91 Å². The number of aryl methyl sites for hydroxylation is 2. The van der Waals surface area contributed by atoms with Crippen LogP contribution in [0.15, 0.2) is 48.5 Å². The number of carbonyl (C=O) groups is 1. The SMILES string of the molecule is COc1ccc(-c2n[nH]c(C)c2CC(=O)N[C@@H](C)c2nc3ccccc3n2C)cc1. The van der Waals surface area contributed by atoms with Crippen LogP contribution in [0.2, 0.25) is 0 Å². The number of methoxy groups -OCH3 is 1. The lowest BCUT2D eigenvalue weighted by molar-refractivity contribution is -0.121. The summed E-state index contributed by atoms with van der Waals surface area (Å²) in [4.78, 5) is 17.5. The molecular weight excluding hydrogens is 378 g/mol. The molecule has 154 valence electrons. The normalized spacial score (nSPS) is 12.1. The number of imidazole rings is 1. The van der Waals surface area contributed by atoms with Crippen LogP contribution in [0.1, 0.15) is 30.0 Å². The molecule has 0 aliphatic carbocycles. The van der Waals surface area contributed by atoms with Crippen molar-refractivity contribution in [2.24, 2.45) is 7.05 Å². The van der Waals surface area contributed by atoms with Crippen molar-refractivity contribution in [3.63, 3.8) is 0 Å². The van der Waals surface area contributed by atoms with Crippen molar-refractivity contribution in [1.82, 2.24) is 25.1 Å². The first-order valence-electron chi connectivity index (χ1n) is 9.87. The van der Waals surface area contributed by atoms with E-state index in [9.17, 15) is 4.79 Å². The Morgan fingerprint density at radius 3 is 2.63 bits per heavy atom. The van der Waals surface area contributed by atoms with Crippen molar-refractivity contribution in [1.29, 1.82) is 0 Å². The lowest BCUT2D eigenvalue weighted by Crippen LogP contribution is -2.30. The Morgan fingerprint density at radius 1 is 1.20 bits per heavy atom. The van der Waals surface area contributed by atoms with E-state index < -0.39 is 0 Å². The Kier molecular flexibility index (Phi) is 5.27. The van der Waals surface area contributed by atoms with Crippen molar-refractivity contribution >= 4 is 16.9 Å². The van der Waals surface area contributed by atoms with Crippen LogP contribution in [0, 0.1) is 6.92 Å². The van der Waals surface area contributed by atoms with Gasteiger partial charge < -0.3 is 14.6 Å². The summed E-state index contributed by atoms with van der Waals surface area (Å²) in [6, 6.07) is 15.4. The second kappa shape index (κ2) is 8.02. The standard InChI is InChI=1S/C23H25N5O2/c1-14-18(22(27-26-14)16-9-11-17(30-4)12-10-16)13-21(29)24-15(2)23-25-19-7-5-6-8-20(19)28(23)3/h5-12,15H,13H2,1-4H3,(H,24,29)(H,26,27)/t15-/m0/s1. The molecule has 0 aliphatic rings. The second-order valence-electron chi connectivity index (χ2n) is 7.39. The molecule has 30 heavy (non-hydrogen) atoms. The number of nitrogens with zero attached hydrogens (tertiary/aromatic N) is 3. The van der Waals surface area contributed by atoms with E-state index in [1.54, 1.807) is 7.11 Å². The van der Waals surface area contributed by atoms with Crippen molar-refractivity contribution in [3.05, 3.63) is 65.6 Å². The minimum atomic E-state index is -0.216. The molecule has 0 saturated heterocycles. The highest BCUT2D eigenvalue weighted by atomic mass is 16.5. The molecule has 7 heteroatoms. The molecule has 2 aromatic carbocycles. The summed E-state index contributed by atoms with van der Waals surface area (Å²) < 4.78 is 7.24. The van der Waals surface area contributed by atoms with E-state index in [1.807, 2.05) is 74.0 Å². The van der Waals surface area contributed by atoms with Crippen LogP contribution in [0.5, 0.6) is 5.75 Å². The summed E-state index contributed by atoms with van der Waals surface area (Å²) in [5.74, 6) is 1.53. The summed E-state index contributed by atoms with van der Waals surface area (Å²) >= 11 is 0. The zero-order valence-electron chi connectivity index (χ0n) is 17.6. The minimum absolute atomic E-state index is 0.0752. The van der Waals surface area contributed by atoms with E-state index in [2.05, 4.69) is 20.5 Å². The van der Waals surface area contributed by atoms with Gasteiger partial charge in [0.15, 0.2) is 0 Å². The number of benzene rings is 2. The lowest BCUT2D eigenvalue weighted by atomic mass is 10.0. The van der Waals surface area contributed by atoms with E-state index >= 15 is 0 Å². The van der Waals surface area contributed by atoms with Gasteiger partial charge in [-0.05, 0) is 50.2 Å². The van der Waals surface area contributed by atoms with Crippen molar-refractivity contribution < 1.29 is 9.53 Å². The monoisotopic (exact) mass is 403 g/mol. The average molecular weight is 403 g/mol. The maximum absolute atomic E-state index is 12.8. The maximum Gasteiger partial charge on any atom is 0.225 e. The number of nitrogens with one attached hydrogen (secondary N) is 2. The molecule has 7 nitrogen and oxygen atoms in total. The molecule has 0 radical (unpaired) electrons. The number of hydrogen-bond acceptors (Lipinski definition) is 4. The smallest absolute Gasteiger partial charge is 0.225 e. The zero-order chi connectivity index (χ0) is 21.3. The fourth-order valence-electron chi connectivity index (χ4n) is 3.73. The molecular formula is C23H25N5O2. The third kappa shape index (κ3) is 3.66. The molecule has 2 aromatic heterocycles. The second-order valence-corrected chi connectivity index (χ2v) is 7.39. The number of carbonyl (C=O) groups excluding carboxylic acids is 1. The van der Waals surface area contributed by atoms with E-state index in [1.165, 1.54) is 0 Å². The van der Waals surface area contributed by atoms with E-state index in [0.29, 0.717) is 0 Å². The Hall–Kier alpha value is -3.61. The molecule has 0 spiro atoms. The number of hydrogen-bond donors (Lipinski definition) is 2. The fraction of sp³-hybridized carbons (Fsp3) is 0.261. The fourth-order valence-corrected chi connectivity index (χ4v) is 3.73. The number of aromatic amines is 1. The Balaban J connectivity index is 1.52. The first-order chi connectivity index (χ1) is 14.5. The molecule has 0 unspecified atom stereocenters. The largest absolute Gasteiger partial charge is 0.497 e. The summed E-state index contributed by atoms with van der Waals surface area (Å²) in [5.41, 5.74) is 5.44. The van der Waals surface area contributed by atoms with E-state index in [0.717, 1.165) is 45.1 Å². The number of amides is 1. The number of H-pyrrole nitrogens is 1. The van der Waals surface area contributed by atoms with Crippen LogP contribution in [0.3, 0.4) is 0 Å². The molecule has 4 rings (SSSR count). The Labute approximate surface area is 175 Å². The maximum atomic E-state index is 12.8. The number of rotatable bonds is 6. The summed E-state index contributed by atoms with van der Waals surface area (Å²) in [6.07, 6.45) is 0.234. The Morgan fingerprint density at radius 2 is 1.93 bits per heavy atom. The van der Waals surface area contributed by atoms with Gasteiger partial charge in [-0.1, -0.05) is 12.1 Å². The quantitative estimate of drug-likeness (QED) is 0.514. The van der Waals surface area contributed by atoms with Crippen LogP contribution >= 0.6 is 0 Å². The van der Waals surface area contributed by atoms with Crippen molar-refractivity contribution in [2.75, 3.05) is 7.11 Å². The summed E-state index contributed by atoms with van der Waals surface area (Å²) in [7, 11) is 3.60. The molecule has 2 heterocycles. The third-order valence-electron chi connectivity index (χ3n) is 5.36. The molecule has 0 aliphatic heterocycles. The topological polar surface area (TPSA) is 84.8 Å². The molecule has 2 N–H and O–H groups in total. The molecule has 1 atom stereocenters. The predicted octanol–water partition coefficient (Wildman–Crippen LogP) is 3.70. The van der Waals surface area contributed by atoms with Gasteiger partial charge in [0, 0.05) is 23.9 Å².